The number of carbonyl (C=O) groups is 1. The van der Waals surface area contributed by atoms with Crippen molar-refractivity contribution < 1.29 is 9.18 Å². The van der Waals surface area contributed by atoms with Gasteiger partial charge in [0, 0.05) is 24.7 Å². The van der Waals surface area contributed by atoms with Crippen molar-refractivity contribution in [3.05, 3.63) is 35.1 Å². The van der Waals surface area contributed by atoms with Crippen LogP contribution in [-0.4, -0.2) is 29.9 Å². The maximum atomic E-state index is 13.3. The number of aryl methyl sites for hydroxylation is 1. The number of nitrogens with two attached hydrogens (primary N) is 1. The van der Waals surface area contributed by atoms with Crippen LogP contribution in [0.1, 0.15) is 35.7 Å². The molecule has 1 aromatic rings. The number of rotatable bonds is 2. The number of hydrogen-bond acceptors (Lipinski definition) is 2. The van der Waals surface area contributed by atoms with Crippen LogP contribution >= 0.6 is 0 Å². The summed E-state index contributed by atoms with van der Waals surface area (Å²) in [6.07, 6.45) is 2.11. The van der Waals surface area contributed by atoms with Crippen molar-refractivity contribution in [2.24, 2.45) is 11.7 Å². The van der Waals surface area contributed by atoms with Crippen molar-refractivity contribution in [1.29, 1.82) is 0 Å². The van der Waals surface area contributed by atoms with Gasteiger partial charge in [0.25, 0.3) is 5.91 Å². The van der Waals surface area contributed by atoms with Gasteiger partial charge < -0.3 is 10.6 Å². The molecule has 3 nitrogen and oxygen atoms in total. The Hall–Kier alpha value is -1.42. The molecule has 2 rings (SSSR count). The molecule has 19 heavy (non-hydrogen) atoms. The van der Waals surface area contributed by atoms with E-state index in [4.69, 9.17) is 5.73 Å². The summed E-state index contributed by atoms with van der Waals surface area (Å²) in [6.45, 7) is 5.02. The molecule has 2 N–H and O–H groups in total. The molecule has 1 saturated heterocycles. The van der Waals surface area contributed by atoms with Gasteiger partial charge in [-0.15, -0.1) is 0 Å². The number of carbonyl (C=O) groups excluding carboxylic acids is 1. The largest absolute Gasteiger partial charge is 0.334 e. The Bertz CT molecular complexity index is 475. The van der Waals surface area contributed by atoms with E-state index in [2.05, 4.69) is 6.92 Å². The average Bonchev–Trinajstić information content (AvgIpc) is 2.40. The zero-order valence-electron chi connectivity index (χ0n) is 11.5. The molecule has 0 bridgehead atoms. The normalized spacial score (nSPS) is 23.5. The molecule has 1 aromatic carbocycles. The molecule has 4 heteroatoms. The van der Waals surface area contributed by atoms with E-state index in [0.717, 1.165) is 19.4 Å². The quantitative estimate of drug-likeness (QED) is 0.891. The van der Waals surface area contributed by atoms with E-state index in [1.165, 1.54) is 6.07 Å². The van der Waals surface area contributed by atoms with E-state index in [-0.39, 0.29) is 17.8 Å². The van der Waals surface area contributed by atoms with Crippen LogP contribution in [0.15, 0.2) is 18.2 Å². The maximum Gasteiger partial charge on any atom is 0.254 e. The number of likely N-dealkylation sites (tertiary alicyclic amines) is 1. The lowest BCUT2D eigenvalue weighted by molar-refractivity contribution is 0.0532. The molecule has 0 aromatic heterocycles. The third-order valence-corrected chi connectivity index (χ3v) is 4.02. The molecule has 1 fully saturated rings. The summed E-state index contributed by atoms with van der Waals surface area (Å²) < 4.78 is 13.3. The molecule has 0 radical (unpaired) electrons. The summed E-state index contributed by atoms with van der Waals surface area (Å²) in [7, 11) is 0. The zero-order valence-corrected chi connectivity index (χ0v) is 11.5. The Morgan fingerprint density at radius 1 is 1.53 bits per heavy atom. The molecule has 1 aliphatic heterocycles. The van der Waals surface area contributed by atoms with E-state index in [0.29, 0.717) is 23.6 Å². The second kappa shape index (κ2) is 5.70. The summed E-state index contributed by atoms with van der Waals surface area (Å²) in [5.41, 5.74) is 6.85. The Morgan fingerprint density at radius 3 is 2.89 bits per heavy atom. The predicted molar refractivity (Wildman–Crippen MR) is 73.4 cm³/mol. The number of hydrogen-bond donors (Lipinski definition) is 1. The fourth-order valence-corrected chi connectivity index (χ4v) is 2.80. The zero-order chi connectivity index (χ0) is 14.0. The van der Waals surface area contributed by atoms with Gasteiger partial charge in [-0.25, -0.2) is 4.39 Å². The van der Waals surface area contributed by atoms with Crippen LogP contribution in [0, 0.1) is 18.7 Å². The van der Waals surface area contributed by atoms with Gasteiger partial charge in [-0.05, 0) is 49.4 Å². The van der Waals surface area contributed by atoms with Gasteiger partial charge in [0.05, 0.1) is 0 Å². The first-order valence-corrected chi connectivity index (χ1v) is 6.81. The maximum absolute atomic E-state index is 13.3. The van der Waals surface area contributed by atoms with Crippen molar-refractivity contribution in [3.63, 3.8) is 0 Å². The minimum atomic E-state index is -0.279. The van der Waals surface area contributed by atoms with Gasteiger partial charge in [0.1, 0.15) is 5.82 Å². The van der Waals surface area contributed by atoms with Crippen LogP contribution in [-0.2, 0) is 0 Å². The molecular weight excluding hydrogens is 243 g/mol. The Kier molecular flexibility index (Phi) is 4.20. The highest BCUT2D eigenvalue weighted by atomic mass is 19.1. The van der Waals surface area contributed by atoms with E-state index in [1.807, 2.05) is 4.90 Å². The first kappa shape index (κ1) is 14.0. The van der Waals surface area contributed by atoms with Crippen molar-refractivity contribution >= 4 is 5.91 Å². The highest BCUT2D eigenvalue weighted by Crippen LogP contribution is 2.24. The first-order chi connectivity index (χ1) is 9.04. The molecule has 1 amide bonds. The van der Waals surface area contributed by atoms with E-state index in [1.54, 1.807) is 19.1 Å². The van der Waals surface area contributed by atoms with Gasteiger partial charge in [-0.1, -0.05) is 6.92 Å². The van der Waals surface area contributed by atoms with Crippen LogP contribution in [0.2, 0.25) is 0 Å². The standard InChI is InChI=1S/C15H21FN2O/c1-10-4-3-7-18(14(10)9-17)15(19)12-5-6-13(16)11(2)8-12/h5-6,8,10,14H,3-4,7,9,17H2,1-2H3/t10-,14+/m1/s1. The lowest BCUT2D eigenvalue weighted by atomic mass is 9.90. The van der Waals surface area contributed by atoms with Crippen molar-refractivity contribution in [1.82, 2.24) is 4.90 Å². The average molecular weight is 264 g/mol. The van der Waals surface area contributed by atoms with Gasteiger partial charge >= 0.3 is 0 Å². The Morgan fingerprint density at radius 2 is 2.26 bits per heavy atom. The highest BCUT2D eigenvalue weighted by molar-refractivity contribution is 5.94. The molecule has 1 heterocycles. The molecule has 1 aliphatic rings. The summed E-state index contributed by atoms with van der Waals surface area (Å²) in [5.74, 6) is 0.105. The van der Waals surface area contributed by atoms with Gasteiger partial charge in [-0.2, -0.15) is 0 Å². The summed E-state index contributed by atoms with van der Waals surface area (Å²) in [5, 5.41) is 0. The second-order valence-electron chi connectivity index (χ2n) is 5.39. The third-order valence-electron chi connectivity index (χ3n) is 4.02. The SMILES string of the molecule is Cc1cc(C(=O)N2CCC[C@@H](C)[C@@H]2CN)ccc1F. The monoisotopic (exact) mass is 264 g/mol. The van der Waals surface area contributed by atoms with Crippen LogP contribution < -0.4 is 5.73 Å². The molecular formula is C15H21FN2O. The minimum Gasteiger partial charge on any atom is -0.334 e. The highest BCUT2D eigenvalue weighted by Gasteiger charge is 2.31. The van der Waals surface area contributed by atoms with Crippen LogP contribution in [0.25, 0.3) is 0 Å². The number of piperidine rings is 1. The topological polar surface area (TPSA) is 46.3 Å². The van der Waals surface area contributed by atoms with Crippen molar-refractivity contribution in [2.75, 3.05) is 13.1 Å². The number of nitrogens with zero attached hydrogens (tertiary/aromatic N) is 1. The molecule has 0 unspecified atom stereocenters. The van der Waals surface area contributed by atoms with Crippen LogP contribution in [0.3, 0.4) is 0 Å². The molecule has 2 atom stereocenters. The molecule has 0 aliphatic carbocycles. The third kappa shape index (κ3) is 2.78. The van der Waals surface area contributed by atoms with E-state index in [9.17, 15) is 9.18 Å². The van der Waals surface area contributed by atoms with Crippen LogP contribution in [0.5, 0.6) is 0 Å². The summed E-state index contributed by atoms with van der Waals surface area (Å²) >= 11 is 0. The first-order valence-electron chi connectivity index (χ1n) is 6.81. The minimum absolute atomic E-state index is 0.0369. The molecule has 0 saturated carbocycles. The fourth-order valence-electron chi connectivity index (χ4n) is 2.80. The van der Waals surface area contributed by atoms with Gasteiger partial charge in [0.2, 0.25) is 0 Å². The Labute approximate surface area is 113 Å². The Balaban J connectivity index is 2.24. The number of benzene rings is 1. The van der Waals surface area contributed by atoms with Crippen LogP contribution in [0.4, 0.5) is 4.39 Å². The number of halogens is 1. The second-order valence-corrected chi connectivity index (χ2v) is 5.39. The fraction of sp³-hybridized carbons (Fsp3) is 0.533. The van der Waals surface area contributed by atoms with E-state index >= 15 is 0 Å². The van der Waals surface area contributed by atoms with Crippen molar-refractivity contribution in [2.45, 2.75) is 32.7 Å². The van der Waals surface area contributed by atoms with E-state index < -0.39 is 0 Å². The van der Waals surface area contributed by atoms with Gasteiger partial charge in [-0.3, -0.25) is 4.79 Å². The van der Waals surface area contributed by atoms with Gasteiger partial charge in [0.15, 0.2) is 0 Å². The predicted octanol–water partition coefficient (Wildman–Crippen LogP) is 2.33. The summed E-state index contributed by atoms with van der Waals surface area (Å²) in [6, 6.07) is 4.61. The molecule has 0 spiro atoms. The molecule has 104 valence electrons. The smallest absolute Gasteiger partial charge is 0.254 e. The summed E-state index contributed by atoms with van der Waals surface area (Å²) in [4.78, 5) is 14.4. The number of amides is 1. The lowest BCUT2D eigenvalue weighted by Gasteiger charge is -2.39. The van der Waals surface area contributed by atoms with Crippen molar-refractivity contribution in [3.8, 4) is 0 Å². The lowest BCUT2D eigenvalue weighted by Crippen LogP contribution is -2.51.